The van der Waals surface area contributed by atoms with Crippen LogP contribution in [0.15, 0.2) is 42.5 Å². The molecule has 0 radical (unpaired) electrons. The second kappa shape index (κ2) is 5.30. The Morgan fingerprint density at radius 1 is 1.09 bits per heavy atom. The molecule has 4 rings (SSSR count). The van der Waals surface area contributed by atoms with Gasteiger partial charge in [0.05, 0.1) is 5.41 Å². The Kier molecular flexibility index (Phi) is 3.26. The standard InChI is InChI=1S/C19H19NO3/c1-13-2-5-15(6-3-13)19(8-9-19)18(21)20-11-14-4-7-16-17(10-14)23-12-22-16/h2-7,10H,8-9,11-12H2,1H3,(H,20,21). The highest BCUT2D eigenvalue weighted by Gasteiger charge is 2.50. The second-order valence-electron chi connectivity index (χ2n) is 6.32. The Morgan fingerprint density at radius 2 is 1.83 bits per heavy atom. The van der Waals surface area contributed by atoms with Gasteiger partial charge in [0, 0.05) is 6.54 Å². The van der Waals surface area contributed by atoms with Crippen LogP contribution in [0.4, 0.5) is 0 Å². The van der Waals surface area contributed by atoms with Crippen molar-refractivity contribution < 1.29 is 14.3 Å². The van der Waals surface area contributed by atoms with Gasteiger partial charge in [0.25, 0.3) is 0 Å². The Balaban J connectivity index is 1.45. The molecule has 1 aliphatic carbocycles. The molecular formula is C19H19NO3. The van der Waals surface area contributed by atoms with E-state index in [1.54, 1.807) is 0 Å². The first-order chi connectivity index (χ1) is 11.2. The Labute approximate surface area is 135 Å². The molecule has 23 heavy (non-hydrogen) atoms. The molecule has 0 bridgehead atoms. The minimum atomic E-state index is -0.329. The van der Waals surface area contributed by atoms with Gasteiger partial charge in [-0.1, -0.05) is 35.9 Å². The van der Waals surface area contributed by atoms with E-state index in [-0.39, 0.29) is 18.1 Å². The van der Waals surface area contributed by atoms with Crippen LogP contribution >= 0.6 is 0 Å². The summed E-state index contributed by atoms with van der Waals surface area (Å²) in [5.74, 6) is 1.62. The van der Waals surface area contributed by atoms with Crippen LogP contribution in [0.3, 0.4) is 0 Å². The summed E-state index contributed by atoms with van der Waals surface area (Å²) in [4.78, 5) is 12.7. The zero-order valence-corrected chi connectivity index (χ0v) is 13.1. The molecule has 1 aliphatic heterocycles. The minimum absolute atomic E-state index is 0.110. The molecule has 2 aromatic rings. The molecule has 1 N–H and O–H groups in total. The lowest BCUT2D eigenvalue weighted by molar-refractivity contribution is -0.123. The molecule has 1 fully saturated rings. The van der Waals surface area contributed by atoms with E-state index in [1.165, 1.54) is 5.56 Å². The molecule has 0 atom stereocenters. The van der Waals surface area contributed by atoms with Crippen LogP contribution in [0, 0.1) is 6.92 Å². The number of benzene rings is 2. The van der Waals surface area contributed by atoms with Crippen LogP contribution in [0.2, 0.25) is 0 Å². The molecule has 1 saturated carbocycles. The van der Waals surface area contributed by atoms with Crippen molar-refractivity contribution in [2.45, 2.75) is 31.7 Å². The molecule has 2 aromatic carbocycles. The van der Waals surface area contributed by atoms with Crippen molar-refractivity contribution in [3.05, 3.63) is 59.2 Å². The fourth-order valence-electron chi connectivity index (χ4n) is 3.05. The molecular weight excluding hydrogens is 290 g/mol. The number of hydrogen-bond acceptors (Lipinski definition) is 3. The summed E-state index contributed by atoms with van der Waals surface area (Å²) in [7, 11) is 0. The zero-order valence-electron chi connectivity index (χ0n) is 13.1. The van der Waals surface area contributed by atoms with E-state index in [0.29, 0.717) is 6.54 Å². The van der Waals surface area contributed by atoms with Gasteiger partial charge in [-0.15, -0.1) is 0 Å². The number of fused-ring (bicyclic) bond motifs is 1. The Bertz CT molecular complexity index is 748. The van der Waals surface area contributed by atoms with Gasteiger partial charge in [-0.25, -0.2) is 0 Å². The van der Waals surface area contributed by atoms with Gasteiger partial charge in [-0.3, -0.25) is 4.79 Å². The smallest absolute Gasteiger partial charge is 0.231 e. The maximum Gasteiger partial charge on any atom is 0.231 e. The third-order valence-corrected chi connectivity index (χ3v) is 4.68. The summed E-state index contributed by atoms with van der Waals surface area (Å²) in [6, 6.07) is 14.1. The van der Waals surface area contributed by atoms with Crippen molar-refractivity contribution in [3.63, 3.8) is 0 Å². The quantitative estimate of drug-likeness (QED) is 0.944. The summed E-state index contributed by atoms with van der Waals surface area (Å²) in [6.07, 6.45) is 1.84. The van der Waals surface area contributed by atoms with Gasteiger partial charge in [0.2, 0.25) is 12.7 Å². The van der Waals surface area contributed by atoms with Crippen LogP contribution in [0.25, 0.3) is 0 Å². The van der Waals surface area contributed by atoms with Crippen molar-refractivity contribution in [3.8, 4) is 11.5 Å². The monoisotopic (exact) mass is 309 g/mol. The summed E-state index contributed by atoms with van der Waals surface area (Å²) >= 11 is 0. The summed E-state index contributed by atoms with van der Waals surface area (Å²) in [6.45, 7) is 2.83. The van der Waals surface area contributed by atoms with Gasteiger partial charge in [-0.05, 0) is 43.0 Å². The number of nitrogens with one attached hydrogen (secondary N) is 1. The topological polar surface area (TPSA) is 47.6 Å². The molecule has 1 amide bonds. The molecule has 0 spiro atoms. The number of amides is 1. The largest absolute Gasteiger partial charge is 0.454 e. The lowest BCUT2D eigenvalue weighted by Crippen LogP contribution is -2.34. The van der Waals surface area contributed by atoms with E-state index in [4.69, 9.17) is 9.47 Å². The Hall–Kier alpha value is -2.49. The van der Waals surface area contributed by atoms with Crippen molar-refractivity contribution >= 4 is 5.91 Å². The van der Waals surface area contributed by atoms with Gasteiger partial charge < -0.3 is 14.8 Å². The lowest BCUT2D eigenvalue weighted by atomic mass is 9.94. The van der Waals surface area contributed by atoms with Crippen LogP contribution in [0.1, 0.15) is 29.5 Å². The molecule has 0 aromatic heterocycles. The van der Waals surface area contributed by atoms with Gasteiger partial charge >= 0.3 is 0 Å². The zero-order chi connectivity index (χ0) is 15.9. The fourth-order valence-corrected chi connectivity index (χ4v) is 3.05. The number of carbonyl (C=O) groups is 1. The molecule has 4 nitrogen and oxygen atoms in total. The summed E-state index contributed by atoms with van der Waals surface area (Å²) in [5, 5.41) is 3.07. The average molecular weight is 309 g/mol. The minimum Gasteiger partial charge on any atom is -0.454 e. The van der Waals surface area contributed by atoms with Crippen molar-refractivity contribution in [2.24, 2.45) is 0 Å². The molecule has 0 saturated heterocycles. The first-order valence-electron chi connectivity index (χ1n) is 7.91. The summed E-state index contributed by atoms with van der Waals surface area (Å²) < 4.78 is 10.7. The number of carbonyl (C=O) groups excluding carboxylic acids is 1. The van der Waals surface area contributed by atoms with Crippen LogP contribution in [-0.4, -0.2) is 12.7 Å². The number of aryl methyl sites for hydroxylation is 1. The van der Waals surface area contributed by atoms with E-state index in [9.17, 15) is 4.79 Å². The number of ether oxygens (including phenoxy) is 2. The molecule has 118 valence electrons. The van der Waals surface area contributed by atoms with Gasteiger partial charge in [-0.2, -0.15) is 0 Å². The number of rotatable bonds is 4. The van der Waals surface area contributed by atoms with Crippen molar-refractivity contribution in [2.75, 3.05) is 6.79 Å². The predicted octanol–water partition coefficient (Wildman–Crippen LogP) is 3.07. The number of hydrogen-bond donors (Lipinski definition) is 1. The first kappa shape index (κ1) is 14.1. The highest BCUT2D eigenvalue weighted by Crippen LogP contribution is 2.48. The molecule has 0 unspecified atom stereocenters. The lowest BCUT2D eigenvalue weighted by Gasteiger charge is -2.16. The van der Waals surface area contributed by atoms with Crippen LogP contribution in [0.5, 0.6) is 11.5 Å². The van der Waals surface area contributed by atoms with E-state index in [1.807, 2.05) is 18.2 Å². The second-order valence-corrected chi connectivity index (χ2v) is 6.32. The maximum atomic E-state index is 12.7. The molecule has 1 heterocycles. The third kappa shape index (κ3) is 2.54. The van der Waals surface area contributed by atoms with E-state index < -0.39 is 0 Å². The van der Waals surface area contributed by atoms with Crippen LogP contribution in [-0.2, 0) is 16.8 Å². The fraction of sp³-hybridized carbons (Fsp3) is 0.316. The summed E-state index contributed by atoms with van der Waals surface area (Å²) in [5.41, 5.74) is 3.02. The van der Waals surface area contributed by atoms with Crippen molar-refractivity contribution in [1.82, 2.24) is 5.32 Å². The predicted molar refractivity (Wildman–Crippen MR) is 86.5 cm³/mol. The third-order valence-electron chi connectivity index (χ3n) is 4.68. The Morgan fingerprint density at radius 3 is 2.57 bits per heavy atom. The first-order valence-corrected chi connectivity index (χ1v) is 7.91. The normalized spacial score (nSPS) is 16.9. The highest BCUT2D eigenvalue weighted by molar-refractivity contribution is 5.91. The van der Waals surface area contributed by atoms with Crippen LogP contribution < -0.4 is 14.8 Å². The van der Waals surface area contributed by atoms with Crippen molar-refractivity contribution in [1.29, 1.82) is 0 Å². The van der Waals surface area contributed by atoms with E-state index >= 15 is 0 Å². The maximum absolute atomic E-state index is 12.7. The van der Waals surface area contributed by atoms with Gasteiger partial charge in [0.1, 0.15) is 0 Å². The molecule has 2 aliphatic rings. The SMILES string of the molecule is Cc1ccc(C2(C(=O)NCc3ccc4c(c3)OCO4)CC2)cc1. The van der Waals surface area contributed by atoms with E-state index in [0.717, 1.165) is 35.5 Å². The average Bonchev–Trinajstić information content (AvgIpc) is 3.24. The highest BCUT2D eigenvalue weighted by atomic mass is 16.7. The van der Waals surface area contributed by atoms with Gasteiger partial charge in [0.15, 0.2) is 11.5 Å². The van der Waals surface area contributed by atoms with E-state index in [2.05, 4.69) is 36.5 Å². The molecule has 4 heteroatoms.